The molecule has 1 saturated carbocycles. The van der Waals surface area contributed by atoms with Crippen LogP contribution in [0.3, 0.4) is 0 Å². The molecule has 96 valence electrons. The minimum atomic E-state index is 0.162. The van der Waals surface area contributed by atoms with Gasteiger partial charge in [-0.25, -0.2) is 4.79 Å². The fourth-order valence-corrected chi connectivity index (χ4v) is 2.12. The monoisotopic (exact) mass is 237 g/mol. The van der Waals surface area contributed by atoms with Crippen molar-refractivity contribution in [2.75, 3.05) is 13.1 Å². The van der Waals surface area contributed by atoms with Gasteiger partial charge in [0.15, 0.2) is 0 Å². The van der Waals surface area contributed by atoms with E-state index < -0.39 is 0 Å². The van der Waals surface area contributed by atoms with E-state index in [1.807, 2.05) is 21.5 Å². The fourth-order valence-electron chi connectivity index (χ4n) is 2.12. The first-order valence-corrected chi connectivity index (χ1v) is 6.70. The van der Waals surface area contributed by atoms with E-state index in [4.69, 9.17) is 0 Å². The zero-order valence-corrected chi connectivity index (χ0v) is 10.9. The smallest absolute Gasteiger partial charge is 0.316 e. The van der Waals surface area contributed by atoms with Crippen LogP contribution in [-0.2, 0) is 6.54 Å². The molecule has 1 aliphatic carbocycles. The number of hydrogen-bond acceptors (Lipinski definition) is 2. The molecule has 1 fully saturated rings. The van der Waals surface area contributed by atoms with E-state index in [1.165, 1.54) is 0 Å². The van der Waals surface area contributed by atoms with E-state index in [9.17, 15) is 4.79 Å². The molecule has 0 aliphatic heterocycles. The maximum atomic E-state index is 12.0. The van der Waals surface area contributed by atoms with Crippen LogP contribution in [0.25, 0.3) is 0 Å². The Labute approximate surface area is 103 Å². The average Bonchev–Trinajstić information content (AvgIpc) is 3.07. The summed E-state index contributed by atoms with van der Waals surface area (Å²) in [6.45, 7) is 7.20. The maximum absolute atomic E-state index is 12.0. The summed E-state index contributed by atoms with van der Waals surface area (Å²) in [4.78, 5) is 12.0. The van der Waals surface area contributed by atoms with Gasteiger partial charge in [-0.2, -0.15) is 0 Å². The topological polar surface area (TPSA) is 39.0 Å². The van der Waals surface area contributed by atoms with Crippen molar-refractivity contribution >= 4 is 0 Å². The number of imidazole rings is 1. The van der Waals surface area contributed by atoms with Crippen LogP contribution in [0.4, 0.5) is 0 Å². The van der Waals surface area contributed by atoms with Crippen LogP contribution >= 0.6 is 0 Å². The molecule has 1 aromatic rings. The summed E-state index contributed by atoms with van der Waals surface area (Å²) in [5, 5.41) is 3.39. The minimum Gasteiger partial charge on any atom is -0.316 e. The van der Waals surface area contributed by atoms with Crippen LogP contribution in [0.15, 0.2) is 17.2 Å². The van der Waals surface area contributed by atoms with Crippen LogP contribution in [0.1, 0.15) is 39.2 Å². The molecule has 1 aromatic heterocycles. The predicted molar refractivity (Wildman–Crippen MR) is 69.3 cm³/mol. The highest BCUT2D eigenvalue weighted by atomic mass is 16.1. The highest BCUT2D eigenvalue weighted by molar-refractivity contribution is 4.91. The SMILES string of the molecule is CCCNCC(C)Cn1ccn(C2CC2)c1=O. The van der Waals surface area contributed by atoms with Gasteiger partial charge in [-0.15, -0.1) is 0 Å². The van der Waals surface area contributed by atoms with Gasteiger partial charge in [0.2, 0.25) is 0 Å². The fraction of sp³-hybridized carbons (Fsp3) is 0.769. The lowest BCUT2D eigenvalue weighted by Gasteiger charge is -2.12. The van der Waals surface area contributed by atoms with Crippen LogP contribution in [0, 0.1) is 5.92 Å². The Morgan fingerprint density at radius 1 is 1.47 bits per heavy atom. The van der Waals surface area contributed by atoms with Gasteiger partial charge in [-0.05, 0) is 38.3 Å². The van der Waals surface area contributed by atoms with E-state index in [0.717, 1.165) is 38.9 Å². The summed E-state index contributed by atoms with van der Waals surface area (Å²) in [5.41, 5.74) is 0.162. The molecule has 0 radical (unpaired) electrons. The second-order valence-corrected chi connectivity index (χ2v) is 5.18. The Morgan fingerprint density at radius 3 is 2.88 bits per heavy atom. The molecule has 2 rings (SSSR count). The molecule has 17 heavy (non-hydrogen) atoms. The molecule has 0 amide bonds. The normalized spacial score (nSPS) is 17.3. The van der Waals surface area contributed by atoms with E-state index in [1.54, 1.807) is 0 Å². The lowest BCUT2D eigenvalue weighted by atomic mass is 10.2. The largest absolute Gasteiger partial charge is 0.328 e. The highest BCUT2D eigenvalue weighted by Gasteiger charge is 2.25. The Hall–Kier alpha value is -1.03. The first-order chi connectivity index (χ1) is 8.22. The molecule has 1 atom stereocenters. The molecule has 0 aromatic carbocycles. The summed E-state index contributed by atoms with van der Waals surface area (Å²) in [6.07, 6.45) is 7.35. The van der Waals surface area contributed by atoms with Crippen molar-refractivity contribution in [3.05, 3.63) is 22.9 Å². The molecule has 1 N–H and O–H groups in total. The standard InChI is InChI=1S/C13H23N3O/c1-3-6-14-9-11(2)10-15-7-8-16(13(15)17)12-4-5-12/h7-8,11-12,14H,3-6,9-10H2,1-2H3. The minimum absolute atomic E-state index is 0.162. The third kappa shape index (κ3) is 3.22. The molecular weight excluding hydrogens is 214 g/mol. The van der Waals surface area contributed by atoms with Crippen LogP contribution < -0.4 is 11.0 Å². The van der Waals surface area contributed by atoms with Crippen molar-refractivity contribution in [3.63, 3.8) is 0 Å². The Bertz CT molecular complexity index is 403. The predicted octanol–water partition coefficient (Wildman–Crippen LogP) is 1.62. The summed E-state index contributed by atoms with van der Waals surface area (Å²) in [5.74, 6) is 0.495. The lowest BCUT2D eigenvalue weighted by Crippen LogP contribution is -2.30. The number of rotatable bonds is 7. The molecular formula is C13H23N3O. The van der Waals surface area contributed by atoms with Crippen molar-refractivity contribution in [2.45, 2.75) is 45.7 Å². The van der Waals surface area contributed by atoms with E-state index in [-0.39, 0.29) is 5.69 Å². The van der Waals surface area contributed by atoms with Crippen molar-refractivity contribution in [1.29, 1.82) is 0 Å². The van der Waals surface area contributed by atoms with Crippen molar-refractivity contribution in [1.82, 2.24) is 14.5 Å². The van der Waals surface area contributed by atoms with E-state index in [0.29, 0.717) is 12.0 Å². The molecule has 0 spiro atoms. The lowest BCUT2D eigenvalue weighted by molar-refractivity contribution is 0.435. The molecule has 4 nitrogen and oxygen atoms in total. The Morgan fingerprint density at radius 2 is 2.24 bits per heavy atom. The van der Waals surface area contributed by atoms with Gasteiger partial charge in [0.05, 0.1) is 0 Å². The molecule has 1 aliphatic rings. The van der Waals surface area contributed by atoms with Crippen molar-refractivity contribution < 1.29 is 0 Å². The second-order valence-electron chi connectivity index (χ2n) is 5.18. The molecule has 1 unspecified atom stereocenters. The van der Waals surface area contributed by atoms with Crippen LogP contribution in [-0.4, -0.2) is 22.2 Å². The van der Waals surface area contributed by atoms with Gasteiger partial charge >= 0.3 is 5.69 Å². The maximum Gasteiger partial charge on any atom is 0.328 e. The summed E-state index contributed by atoms with van der Waals surface area (Å²) in [6, 6.07) is 0.484. The summed E-state index contributed by atoms with van der Waals surface area (Å²) in [7, 11) is 0. The van der Waals surface area contributed by atoms with Gasteiger partial charge in [-0.1, -0.05) is 13.8 Å². The molecule has 4 heteroatoms. The Kier molecular flexibility index (Phi) is 4.05. The van der Waals surface area contributed by atoms with Gasteiger partial charge in [0.1, 0.15) is 0 Å². The van der Waals surface area contributed by atoms with Crippen molar-refractivity contribution in [2.24, 2.45) is 5.92 Å². The van der Waals surface area contributed by atoms with E-state index in [2.05, 4.69) is 19.2 Å². The molecule has 0 bridgehead atoms. The van der Waals surface area contributed by atoms with Gasteiger partial charge in [0, 0.05) is 25.0 Å². The first kappa shape index (κ1) is 12.4. The first-order valence-electron chi connectivity index (χ1n) is 6.70. The third-order valence-corrected chi connectivity index (χ3v) is 3.24. The number of aromatic nitrogens is 2. The average molecular weight is 237 g/mol. The molecule has 0 saturated heterocycles. The van der Waals surface area contributed by atoms with Gasteiger partial charge < -0.3 is 5.32 Å². The van der Waals surface area contributed by atoms with Crippen LogP contribution in [0.2, 0.25) is 0 Å². The third-order valence-electron chi connectivity index (χ3n) is 3.24. The van der Waals surface area contributed by atoms with Crippen LogP contribution in [0.5, 0.6) is 0 Å². The van der Waals surface area contributed by atoms with Crippen molar-refractivity contribution in [3.8, 4) is 0 Å². The highest BCUT2D eigenvalue weighted by Crippen LogP contribution is 2.33. The summed E-state index contributed by atoms with van der Waals surface area (Å²) >= 11 is 0. The quantitative estimate of drug-likeness (QED) is 0.732. The van der Waals surface area contributed by atoms with Gasteiger partial charge in [-0.3, -0.25) is 9.13 Å². The zero-order valence-electron chi connectivity index (χ0n) is 10.9. The second kappa shape index (κ2) is 5.54. The molecule has 1 heterocycles. The number of hydrogen-bond donors (Lipinski definition) is 1. The number of nitrogens with one attached hydrogen (secondary N) is 1. The zero-order chi connectivity index (χ0) is 12.3. The van der Waals surface area contributed by atoms with Gasteiger partial charge in [0.25, 0.3) is 0 Å². The van der Waals surface area contributed by atoms with E-state index >= 15 is 0 Å². The number of nitrogens with zero attached hydrogens (tertiary/aromatic N) is 2. The Balaban J connectivity index is 1.87. The summed E-state index contributed by atoms with van der Waals surface area (Å²) < 4.78 is 3.73.